The summed E-state index contributed by atoms with van der Waals surface area (Å²) in [6.45, 7) is 7.74. The van der Waals surface area contributed by atoms with Crippen molar-refractivity contribution in [2.45, 2.75) is 38.6 Å². The molecule has 2 rings (SSSR count). The zero-order valence-electron chi connectivity index (χ0n) is 11.2. The first-order chi connectivity index (χ1) is 7.07. The van der Waals surface area contributed by atoms with Gasteiger partial charge in [-0.1, -0.05) is 6.92 Å². The zero-order valence-corrected chi connectivity index (χ0v) is 11.2. The van der Waals surface area contributed by atoms with Crippen LogP contribution in [0.5, 0.6) is 0 Å². The summed E-state index contributed by atoms with van der Waals surface area (Å²) >= 11 is 0. The molecule has 2 fully saturated rings. The highest BCUT2D eigenvalue weighted by atomic mass is 16.0. The summed E-state index contributed by atoms with van der Waals surface area (Å²) in [6, 6.07) is 0.918. The van der Waals surface area contributed by atoms with Crippen LogP contribution in [0.25, 0.3) is 0 Å². The van der Waals surface area contributed by atoms with E-state index in [1.807, 2.05) is 0 Å². The van der Waals surface area contributed by atoms with Crippen molar-refractivity contribution < 1.29 is 9.96 Å². The fraction of sp³-hybridized carbons (Fsp3) is 1.00. The second-order valence-corrected chi connectivity index (χ2v) is 6.33. The first-order valence-corrected chi connectivity index (χ1v) is 6.63. The summed E-state index contributed by atoms with van der Waals surface area (Å²) in [5.41, 5.74) is 0. The van der Waals surface area contributed by atoms with Gasteiger partial charge in [-0.3, -0.25) is 4.90 Å². The molecule has 3 nitrogen and oxygen atoms in total. The Kier molecular flexibility index (Phi) is 4.77. The van der Waals surface area contributed by atoms with Gasteiger partial charge in [0.15, 0.2) is 0 Å². The van der Waals surface area contributed by atoms with Gasteiger partial charge in [-0.15, -0.1) is 0 Å². The molecular weight excluding hydrogens is 200 g/mol. The molecule has 1 aliphatic carbocycles. The highest BCUT2D eigenvalue weighted by Gasteiger charge is 2.30. The monoisotopic (exact) mass is 228 g/mol. The van der Waals surface area contributed by atoms with Crippen LogP contribution in [0.4, 0.5) is 0 Å². The van der Waals surface area contributed by atoms with Crippen LogP contribution >= 0.6 is 0 Å². The van der Waals surface area contributed by atoms with Crippen LogP contribution in [0.15, 0.2) is 0 Å². The van der Waals surface area contributed by atoms with Gasteiger partial charge in [0.2, 0.25) is 0 Å². The number of hydrogen-bond acceptors (Lipinski definition) is 2. The van der Waals surface area contributed by atoms with Gasteiger partial charge in [-0.25, -0.2) is 0 Å². The Balaban J connectivity index is 0.00000128. The van der Waals surface area contributed by atoms with Gasteiger partial charge >= 0.3 is 0 Å². The van der Waals surface area contributed by atoms with Crippen molar-refractivity contribution in [3.05, 3.63) is 0 Å². The summed E-state index contributed by atoms with van der Waals surface area (Å²) in [5.74, 6) is 0.985. The van der Waals surface area contributed by atoms with Crippen LogP contribution in [-0.4, -0.2) is 61.2 Å². The van der Waals surface area contributed by atoms with Crippen LogP contribution in [0.3, 0.4) is 0 Å². The van der Waals surface area contributed by atoms with Crippen LogP contribution in [-0.2, 0) is 0 Å². The lowest BCUT2D eigenvalue weighted by molar-refractivity contribution is -0.894. The molecule has 0 aromatic carbocycles. The number of likely N-dealkylation sites (N-methyl/N-ethyl adjacent to an activating group) is 1. The molecule has 0 atom stereocenters. The van der Waals surface area contributed by atoms with Gasteiger partial charge in [0.1, 0.15) is 0 Å². The number of piperazine rings is 1. The van der Waals surface area contributed by atoms with Crippen molar-refractivity contribution in [1.82, 2.24) is 4.90 Å². The third-order valence-electron chi connectivity index (χ3n) is 4.49. The van der Waals surface area contributed by atoms with Crippen molar-refractivity contribution in [2.75, 3.05) is 40.3 Å². The van der Waals surface area contributed by atoms with Crippen LogP contribution in [0, 0.1) is 5.92 Å². The molecule has 0 amide bonds. The van der Waals surface area contributed by atoms with Crippen molar-refractivity contribution in [3.8, 4) is 0 Å². The van der Waals surface area contributed by atoms with Gasteiger partial charge in [-0.2, -0.15) is 0 Å². The van der Waals surface area contributed by atoms with Gasteiger partial charge < -0.3 is 9.96 Å². The van der Waals surface area contributed by atoms with Gasteiger partial charge in [-0.05, 0) is 31.6 Å². The summed E-state index contributed by atoms with van der Waals surface area (Å²) in [4.78, 5) is 2.76. The SMILES string of the molecule is CC1CCC(N2CC[N+](C)(C)CC2)CC1.[OH-]. The first kappa shape index (κ1) is 13.9. The van der Waals surface area contributed by atoms with Gasteiger partial charge in [0.25, 0.3) is 0 Å². The Morgan fingerprint density at radius 1 is 0.938 bits per heavy atom. The third-order valence-corrected chi connectivity index (χ3v) is 4.49. The molecule has 1 heterocycles. The number of hydrogen-bond donors (Lipinski definition) is 0. The van der Waals surface area contributed by atoms with E-state index in [0.29, 0.717) is 0 Å². The van der Waals surface area contributed by atoms with E-state index in [1.54, 1.807) is 0 Å². The Morgan fingerprint density at radius 3 is 1.94 bits per heavy atom. The average molecular weight is 228 g/mol. The van der Waals surface area contributed by atoms with E-state index in [1.165, 1.54) is 56.3 Å². The normalized spacial score (nSPS) is 35.4. The molecule has 0 spiro atoms. The first-order valence-electron chi connectivity index (χ1n) is 6.63. The van der Waals surface area contributed by atoms with Crippen molar-refractivity contribution >= 4 is 0 Å². The molecule has 1 saturated carbocycles. The molecule has 0 aromatic rings. The van der Waals surface area contributed by atoms with E-state index in [-0.39, 0.29) is 5.48 Å². The number of nitrogens with zero attached hydrogens (tertiary/aromatic N) is 2. The topological polar surface area (TPSA) is 33.2 Å². The van der Waals surface area contributed by atoms with E-state index in [9.17, 15) is 0 Å². The number of rotatable bonds is 1. The van der Waals surface area contributed by atoms with E-state index in [2.05, 4.69) is 25.9 Å². The van der Waals surface area contributed by atoms with E-state index >= 15 is 0 Å². The highest BCUT2D eigenvalue weighted by molar-refractivity contribution is 4.79. The number of quaternary nitrogens is 1. The molecule has 1 saturated heterocycles. The molecule has 3 heteroatoms. The summed E-state index contributed by atoms with van der Waals surface area (Å²) in [7, 11) is 4.72. The van der Waals surface area contributed by atoms with Crippen LogP contribution in [0.1, 0.15) is 32.6 Å². The summed E-state index contributed by atoms with van der Waals surface area (Å²) in [5, 5.41) is 0. The maximum Gasteiger partial charge on any atom is 0.0912 e. The molecule has 0 radical (unpaired) electrons. The fourth-order valence-corrected chi connectivity index (χ4v) is 2.99. The molecule has 96 valence electrons. The van der Waals surface area contributed by atoms with E-state index in [4.69, 9.17) is 0 Å². The lowest BCUT2D eigenvalue weighted by atomic mass is 9.86. The summed E-state index contributed by atoms with van der Waals surface area (Å²) in [6.07, 6.45) is 5.82. The zero-order chi connectivity index (χ0) is 10.9. The smallest absolute Gasteiger partial charge is 0.0912 e. The Hall–Kier alpha value is -0.120. The predicted molar refractivity (Wildman–Crippen MR) is 66.8 cm³/mol. The molecular formula is C13H28N2O. The van der Waals surface area contributed by atoms with Crippen molar-refractivity contribution in [1.29, 1.82) is 0 Å². The van der Waals surface area contributed by atoms with Crippen LogP contribution < -0.4 is 0 Å². The second-order valence-electron chi connectivity index (χ2n) is 6.33. The minimum Gasteiger partial charge on any atom is -0.870 e. The van der Waals surface area contributed by atoms with Crippen LogP contribution in [0.2, 0.25) is 0 Å². The molecule has 0 unspecified atom stereocenters. The Morgan fingerprint density at radius 2 is 1.44 bits per heavy atom. The molecule has 1 aliphatic heterocycles. The van der Waals surface area contributed by atoms with Gasteiger partial charge in [0.05, 0.1) is 27.2 Å². The van der Waals surface area contributed by atoms with Crippen molar-refractivity contribution in [2.24, 2.45) is 5.92 Å². The average Bonchev–Trinajstić information content (AvgIpc) is 2.20. The second kappa shape index (κ2) is 5.48. The minimum atomic E-state index is 0. The predicted octanol–water partition coefficient (Wildman–Crippen LogP) is 1.78. The molecule has 1 N–H and O–H groups in total. The maximum absolute atomic E-state index is 2.76. The summed E-state index contributed by atoms with van der Waals surface area (Å²) < 4.78 is 1.22. The molecule has 2 aliphatic rings. The Bertz CT molecular complexity index is 200. The van der Waals surface area contributed by atoms with Gasteiger partial charge in [0, 0.05) is 19.1 Å². The standard InChI is InChI=1S/C13H27N2.H2O/c1-12-4-6-13(7-5-12)14-8-10-15(2,3)11-9-14;/h12-13H,4-11H2,1-3H3;1H2/q+1;/p-1. The molecule has 0 aromatic heterocycles. The highest BCUT2D eigenvalue weighted by Crippen LogP contribution is 2.27. The molecule has 16 heavy (non-hydrogen) atoms. The fourth-order valence-electron chi connectivity index (χ4n) is 2.99. The van der Waals surface area contributed by atoms with E-state index in [0.717, 1.165) is 12.0 Å². The Labute approximate surface area is 100 Å². The lowest BCUT2D eigenvalue weighted by Crippen LogP contribution is -2.57. The minimum absolute atomic E-state index is 0. The lowest BCUT2D eigenvalue weighted by Gasteiger charge is -2.43. The largest absolute Gasteiger partial charge is 0.870 e. The van der Waals surface area contributed by atoms with E-state index < -0.39 is 0 Å². The third kappa shape index (κ3) is 3.44. The molecule has 0 bridgehead atoms. The maximum atomic E-state index is 2.76. The van der Waals surface area contributed by atoms with Crippen molar-refractivity contribution in [3.63, 3.8) is 0 Å². The quantitative estimate of drug-likeness (QED) is 0.641.